The van der Waals surface area contributed by atoms with Gasteiger partial charge in [0.2, 0.25) is 0 Å². The number of nitrogen functional groups attached to an aromatic ring is 1. The lowest BCUT2D eigenvalue weighted by atomic mass is 10.3. The summed E-state index contributed by atoms with van der Waals surface area (Å²) in [6.07, 6.45) is 1.61. The second-order valence-corrected chi connectivity index (χ2v) is 5.23. The molecule has 0 saturated carbocycles. The number of hydrogen-bond acceptors (Lipinski definition) is 5. The van der Waals surface area contributed by atoms with Gasteiger partial charge < -0.3 is 11.1 Å². The zero-order valence-corrected chi connectivity index (χ0v) is 11.1. The maximum atomic E-state index is 11.4. The van der Waals surface area contributed by atoms with E-state index in [1.807, 2.05) is 12.1 Å². The molecule has 19 heavy (non-hydrogen) atoms. The number of nitrogens with zero attached hydrogens (tertiary/aromatic N) is 2. The quantitative estimate of drug-likeness (QED) is 0.891. The Balaban J connectivity index is 2.33. The summed E-state index contributed by atoms with van der Waals surface area (Å²) in [7, 11) is -1.05. The van der Waals surface area contributed by atoms with Gasteiger partial charge >= 0.3 is 0 Å². The number of nitrogens with two attached hydrogens (primary N) is 1. The van der Waals surface area contributed by atoms with Crippen LogP contribution in [0, 0.1) is 11.3 Å². The first-order valence-corrected chi connectivity index (χ1v) is 7.03. The molecule has 1 aromatic heterocycles. The van der Waals surface area contributed by atoms with Gasteiger partial charge in [-0.25, -0.2) is 4.98 Å². The molecule has 0 radical (unpaired) electrons. The second-order valence-electron chi connectivity index (χ2n) is 3.85. The molecular weight excluding hydrogens is 260 g/mol. The van der Waals surface area contributed by atoms with Gasteiger partial charge in [-0.15, -0.1) is 0 Å². The Bertz CT molecular complexity index is 679. The third-order valence-corrected chi connectivity index (χ3v) is 3.39. The number of aromatic nitrogens is 1. The van der Waals surface area contributed by atoms with E-state index in [1.165, 1.54) is 0 Å². The molecule has 5 nitrogen and oxygen atoms in total. The predicted octanol–water partition coefficient (Wildman–Crippen LogP) is 2.02. The first-order chi connectivity index (χ1) is 9.10. The van der Waals surface area contributed by atoms with Crippen molar-refractivity contribution in [1.82, 2.24) is 4.98 Å². The molecule has 0 aliphatic heterocycles. The minimum absolute atomic E-state index is 0.284. The molecule has 2 aromatic rings. The number of hydrogen-bond donors (Lipinski definition) is 2. The van der Waals surface area contributed by atoms with Gasteiger partial charge in [0, 0.05) is 27.6 Å². The minimum atomic E-state index is -1.05. The fourth-order valence-corrected chi connectivity index (χ4v) is 2.08. The van der Waals surface area contributed by atoms with E-state index in [9.17, 15) is 4.21 Å². The molecule has 3 N–H and O–H groups in total. The van der Waals surface area contributed by atoms with Gasteiger partial charge in [-0.2, -0.15) is 5.26 Å². The van der Waals surface area contributed by atoms with Crippen LogP contribution in [-0.2, 0) is 10.8 Å². The number of pyridine rings is 1. The molecule has 96 valence electrons. The lowest BCUT2D eigenvalue weighted by molar-refractivity contribution is 0.687. The van der Waals surface area contributed by atoms with E-state index >= 15 is 0 Å². The number of anilines is 3. The maximum Gasteiger partial charge on any atom is 0.155 e. The first kappa shape index (κ1) is 13.1. The maximum absolute atomic E-state index is 11.4. The highest BCUT2D eigenvalue weighted by Gasteiger charge is 2.05. The highest BCUT2D eigenvalue weighted by molar-refractivity contribution is 7.84. The average molecular weight is 272 g/mol. The zero-order valence-electron chi connectivity index (χ0n) is 10.3. The molecule has 1 unspecified atom stereocenters. The normalized spacial score (nSPS) is 11.6. The third-order valence-electron chi connectivity index (χ3n) is 2.47. The Morgan fingerprint density at radius 2 is 2.16 bits per heavy atom. The molecule has 2 rings (SSSR count). The number of rotatable bonds is 3. The average Bonchev–Trinajstić information content (AvgIpc) is 2.41. The van der Waals surface area contributed by atoms with E-state index in [-0.39, 0.29) is 5.69 Å². The number of nitrogens with one attached hydrogen (secondary N) is 1. The van der Waals surface area contributed by atoms with Crippen molar-refractivity contribution in [3.8, 4) is 6.07 Å². The van der Waals surface area contributed by atoms with Gasteiger partial charge in [0.25, 0.3) is 0 Å². The molecule has 1 atom stereocenters. The summed E-state index contributed by atoms with van der Waals surface area (Å²) < 4.78 is 11.4. The highest BCUT2D eigenvalue weighted by atomic mass is 32.2. The number of benzene rings is 1. The predicted molar refractivity (Wildman–Crippen MR) is 75.4 cm³/mol. The van der Waals surface area contributed by atoms with Crippen molar-refractivity contribution in [2.45, 2.75) is 4.90 Å². The van der Waals surface area contributed by atoms with Gasteiger partial charge in [0.15, 0.2) is 5.82 Å². The van der Waals surface area contributed by atoms with Crippen molar-refractivity contribution in [3.05, 3.63) is 42.1 Å². The molecule has 1 aromatic carbocycles. The van der Waals surface area contributed by atoms with Crippen LogP contribution in [0.4, 0.5) is 17.2 Å². The van der Waals surface area contributed by atoms with Crippen molar-refractivity contribution in [2.24, 2.45) is 0 Å². The Labute approximate surface area is 113 Å². The molecule has 0 amide bonds. The van der Waals surface area contributed by atoms with Crippen molar-refractivity contribution in [2.75, 3.05) is 17.3 Å². The smallest absolute Gasteiger partial charge is 0.155 e. The van der Waals surface area contributed by atoms with Crippen LogP contribution < -0.4 is 11.1 Å². The van der Waals surface area contributed by atoms with E-state index in [4.69, 9.17) is 11.0 Å². The summed E-state index contributed by atoms with van der Waals surface area (Å²) in [5.41, 5.74) is 7.25. The summed E-state index contributed by atoms with van der Waals surface area (Å²) in [5, 5.41) is 11.8. The Hall–Kier alpha value is -2.39. The summed E-state index contributed by atoms with van der Waals surface area (Å²) >= 11 is 0. The second kappa shape index (κ2) is 5.50. The zero-order chi connectivity index (χ0) is 13.8. The van der Waals surface area contributed by atoms with Crippen LogP contribution in [0.2, 0.25) is 0 Å². The van der Waals surface area contributed by atoms with Crippen LogP contribution in [-0.4, -0.2) is 15.4 Å². The molecule has 1 heterocycles. The topological polar surface area (TPSA) is 91.8 Å². The van der Waals surface area contributed by atoms with Crippen LogP contribution in [0.15, 0.2) is 41.3 Å². The van der Waals surface area contributed by atoms with Gasteiger partial charge in [-0.3, -0.25) is 4.21 Å². The highest BCUT2D eigenvalue weighted by Crippen LogP contribution is 2.22. The summed E-state index contributed by atoms with van der Waals surface area (Å²) in [6.45, 7) is 0. The van der Waals surface area contributed by atoms with E-state index in [0.717, 1.165) is 5.69 Å². The molecule has 0 aliphatic carbocycles. The Morgan fingerprint density at radius 1 is 1.37 bits per heavy atom. The van der Waals surface area contributed by atoms with Gasteiger partial charge in [-0.05, 0) is 30.3 Å². The van der Waals surface area contributed by atoms with Crippen molar-refractivity contribution in [3.63, 3.8) is 0 Å². The fraction of sp³-hybridized carbons (Fsp3) is 0.0769. The first-order valence-electron chi connectivity index (χ1n) is 5.47. The molecular formula is C13H12N4OS. The van der Waals surface area contributed by atoms with Crippen LogP contribution in [0.1, 0.15) is 5.69 Å². The van der Waals surface area contributed by atoms with Crippen LogP contribution in [0.3, 0.4) is 0 Å². The molecule has 0 fully saturated rings. The Kier molecular flexibility index (Phi) is 3.78. The Morgan fingerprint density at radius 3 is 2.84 bits per heavy atom. The van der Waals surface area contributed by atoms with Gasteiger partial charge in [0.1, 0.15) is 11.8 Å². The molecule has 0 aliphatic rings. The lowest BCUT2D eigenvalue weighted by Crippen LogP contribution is -2.01. The summed E-state index contributed by atoms with van der Waals surface area (Å²) in [5.74, 6) is 0.415. The standard InChI is InChI=1S/C13H12N4OS/c1-19(18)11-4-2-3-9(7-11)16-13-12(15)6-5-10(8-14)17-13/h2-7H,15H2,1H3,(H,16,17). The fourth-order valence-electron chi connectivity index (χ4n) is 1.52. The number of nitriles is 1. The van der Waals surface area contributed by atoms with Crippen LogP contribution in [0.5, 0.6) is 0 Å². The molecule has 0 bridgehead atoms. The molecule has 0 saturated heterocycles. The van der Waals surface area contributed by atoms with Crippen molar-refractivity contribution >= 4 is 28.0 Å². The molecule has 0 spiro atoms. The summed E-state index contributed by atoms with van der Waals surface area (Å²) in [6, 6.07) is 12.3. The lowest BCUT2D eigenvalue weighted by Gasteiger charge is -2.09. The molecule has 6 heteroatoms. The SMILES string of the molecule is CS(=O)c1cccc(Nc2nc(C#N)ccc2N)c1. The van der Waals surface area contributed by atoms with E-state index in [2.05, 4.69) is 10.3 Å². The van der Waals surface area contributed by atoms with Crippen molar-refractivity contribution < 1.29 is 4.21 Å². The minimum Gasteiger partial charge on any atom is -0.396 e. The third kappa shape index (κ3) is 3.09. The van der Waals surface area contributed by atoms with Crippen LogP contribution in [0.25, 0.3) is 0 Å². The van der Waals surface area contributed by atoms with Crippen molar-refractivity contribution in [1.29, 1.82) is 5.26 Å². The summed E-state index contributed by atoms with van der Waals surface area (Å²) in [4.78, 5) is 4.80. The van der Waals surface area contributed by atoms with Gasteiger partial charge in [-0.1, -0.05) is 6.07 Å². The van der Waals surface area contributed by atoms with E-state index in [0.29, 0.717) is 16.4 Å². The van der Waals surface area contributed by atoms with Crippen LogP contribution >= 0.6 is 0 Å². The van der Waals surface area contributed by atoms with E-state index in [1.54, 1.807) is 36.6 Å². The monoisotopic (exact) mass is 272 g/mol. The van der Waals surface area contributed by atoms with E-state index < -0.39 is 10.8 Å². The largest absolute Gasteiger partial charge is 0.396 e. The van der Waals surface area contributed by atoms with Gasteiger partial charge in [0.05, 0.1) is 5.69 Å².